The molecule has 0 radical (unpaired) electrons. The van der Waals surface area contributed by atoms with Crippen molar-refractivity contribution in [2.45, 2.75) is 96.5 Å². The first kappa shape index (κ1) is 24.4. The normalized spacial score (nSPS) is 20.5. The zero-order valence-electron chi connectivity index (χ0n) is 17.1. The van der Waals surface area contributed by atoms with Gasteiger partial charge in [0.25, 0.3) is 0 Å². The molecule has 1 aliphatic rings. The molecule has 0 heterocycles. The largest absolute Gasteiger partial charge is 0.481 e. The highest BCUT2D eigenvalue weighted by atomic mass is 35.5. The van der Waals surface area contributed by atoms with E-state index < -0.39 is 17.5 Å². The topological polar surface area (TPSA) is 80.7 Å². The molecule has 0 aliphatic heterocycles. The van der Waals surface area contributed by atoms with Gasteiger partial charge in [0.2, 0.25) is 5.78 Å². The molecule has 1 unspecified atom stereocenters. The Kier molecular flexibility index (Phi) is 11.1. The lowest BCUT2D eigenvalue weighted by Crippen LogP contribution is -2.34. The maximum Gasteiger partial charge on any atom is 0.303 e. The molecular weight excluding hydrogens is 380 g/mol. The molecule has 158 valence electrons. The van der Waals surface area contributed by atoms with E-state index in [2.05, 4.69) is 6.92 Å². The number of rotatable bonds is 14. The number of aliphatic carboxylic acids is 1. The number of hydrogen-bond donors (Lipinski definition) is 1. The van der Waals surface area contributed by atoms with Crippen molar-refractivity contribution in [3.05, 3.63) is 22.8 Å². The Morgan fingerprint density at radius 1 is 1.11 bits per heavy atom. The van der Waals surface area contributed by atoms with Gasteiger partial charge in [-0.3, -0.25) is 14.4 Å². The first-order chi connectivity index (χ1) is 13.3. The van der Waals surface area contributed by atoms with Crippen molar-refractivity contribution in [2.24, 2.45) is 0 Å². The number of carbonyl (C=O) groups excluding carboxylic acids is 2. The van der Waals surface area contributed by atoms with Gasteiger partial charge in [-0.25, -0.2) is 0 Å². The third-order valence-electron chi connectivity index (χ3n) is 4.95. The van der Waals surface area contributed by atoms with Crippen molar-refractivity contribution in [3.8, 4) is 0 Å². The highest BCUT2D eigenvalue weighted by Gasteiger charge is 2.45. The monoisotopic (exact) mass is 412 g/mol. The van der Waals surface area contributed by atoms with Crippen LogP contribution in [0.3, 0.4) is 0 Å². The molecule has 0 fully saturated rings. The van der Waals surface area contributed by atoms with E-state index in [1.54, 1.807) is 6.08 Å². The summed E-state index contributed by atoms with van der Waals surface area (Å²) in [6, 6.07) is 0. The van der Waals surface area contributed by atoms with E-state index in [0.29, 0.717) is 24.8 Å². The van der Waals surface area contributed by atoms with Gasteiger partial charge in [-0.2, -0.15) is 0 Å². The van der Waals surface area contributed by atoms with Crippen molar-refractivity contribution in [3.63, 3.8) is 0 Å². The first-order valence-corrected chi connectivity index (χ1v) is 10.7. The van der Waals surface area contributed by atoms with Crippen LogP contribution in [-0.2, 0) is 19.1 Å². The second-order valence-corrected chi connectivity index (χ2v) is 7.84. The number of carboxylic acids is 1. The molecule has 0 saturated heterocycles. The number of Topliss-reactive ketones (excluding diaryl/α,β-unsaturated/α-hetero) is 1. The van der Waals surface area contributed by atoms with Crippen LogP contribution in [0, 0.1) is 0 Å². The molecule has 1 aliphatic carbocycles. The van der Waals surface area contributed by atoms with Crippen molar-refractivity contribution in [1.82, 2.24) is 0 Å². The van der Waals surface area contributed by atoms with E-state index in [4.69, 9.17) is 21.4 Å². The first-order valence-electron chi connectivity index (χ1n) is 10.4. The fourth-order valence-corrected chi connectivity index (χ4v) is 3.82. The maximum absolute atomic E-state index is 12.5. The van der Waals surface area contributed by atoms with Crippen LogP contribution in [0.2, 0.25) is 0 Å². The number of ether oxygens (including phenoxy) is 1. The molecule has 6 heteroatoms. The lowest BCUT2D eigenvalue weighted by Gasteiger charge is -2.28. The van der Waals surface area contributed by atoms with Gasteiger partial charge in [0.15, 0.2) is 5.60 Å². The van der Waals surface area contributed by atoms with Crippen LogP contribution in [0.4, 0.5) is 0 Å². The number of allylic oxidation sites excluding steroid dienone is 2. The summed E-state index contributed by atoms with van der Waals surface area (Å²) in [6.45, 7) is 3.52. The number of ketones is 1. The molecule has 1 N–H and O–H groups in total. The Labute approximate surface area is 173 Å². The molecule has 0 aromatic carbocycles. The average Bonchev–Trinajstić information content (AvgIpc) is 2.84. The molecule has 0 spiro atoms. The van der Waals surface area contributed by atoms with E-state index >= 15 is 0 Å². The SMILES string of the molecule is CCCCCCCCC1(OC(C)=O)C=C(Cl)C(=O)C1=CCCCCCC(=O)O. The van der Waals surface area contributed by atoms with E-state index in [0.717, 1.165) is 32.1 Å². The van der Waals surface area contributed by atoms with Crippen molar-refractivity contribution in [1.29, 1.82) is 0 Å². The number of carboxylic acid groups (broad SMARTS) is 1. The summed E-state index contributed by atoms with van der Waals surface area (Å²) in [5, 5.41) is 8.78. The molecule has 0 bridgehead atoms. The summed E-state index contributed by atoms with van der Waals surface area (Å²) in [5.74, 6) is -1.51. The fraction of sp³-hybridized carbons (Fsp3) is 0.682. The number of hydrogen-bond acceptors (Lipinski definition) is 4. The second kappa shape index (κ2) is 12.8. The van der Waals surface area contributed by atoms with Gasteiger partial charge in [-0.05, 0) is 38.2 Å². The van der Waals surface area contributed by atoms with Gasteiger partial charge in [0.1, 0.15) is 0 Å². The van der Waals surface area contributed by atoms with E-state index in [-0.39, 0.29) is 17.2 Å². The van der Waals surface area contributed by atoms with Gasteiger partial charge in [0, 0.05) is 18.9 Å². The van der Waals surface area contributed by atoms with Crippen LogP contribution < -0.4 is 0 Å². The zero-order valence-corrected chi connectivity index (χ0v) is 17.9. The minimum absolute atomic E-state index is 0.101. The number of halogens is 1. The van der Waals surface area contributed by atoms with Crippen LogP contribution >= 0.6 is 11.6 Å². The molecular formula is C22H33ClO5. The Balaban J connectivity index is 2.75. The van der Waals surface area contributed by atoms with Crippen LogP contribution in [0.15, 0.2) is 22.8 Å². The van der Waals surface area contributed by atoms with Crippen molar-refractivity contribution in [2.75, 3.05) is 0 Å². The maximum atomic E-state index is 12.5. The Hall–Kier alpha value is -1.62. The van der Waals surface area contributed by atoms with Gasteiger partial charge in [-0.15, -0.1) is 0 Å². The highest BCUT2D eigenvalue weighted by Crippen LogP contribution is 2.40. The van der Waals surface area contributed by atoms with Crippen molar-refractivity contribution >= 4 is 29.3 Å². The molecule has 28 heavy (non-hydrogen) atoms. The van der Waals surface area contributed by atoms with Crippen LogP contribution in [0.5, 0.6) is 0 Å². The van der Waals surface area contributed by atoms with Crippen LogP contribution in [0.25, 0.3) is 0 Å². The zero-order chi connectivity index (χ0) is 21.0. The molecule has 0 aromatic rings. The summed E-state index contributed by atoms with van der Waals surface area (Å²) in [6.07, 6.45) is 13.4. The molecule has 1 atom stereocenters. The minimum atomic E-state index is -1.06. The Bertz CT molecular complexity index is 608. The van der Waals surface area contributed by atoms with Gasteiger partial charge in [0.05, 0.1) is 5.03 Å². The standard InChI is InChI=1S/C22H33ClO5/c1-3-4-5-6-9-12-15-22(28-17(2)24)16-19(23)21(27)18(22)13-10-7-8-11-14-20(25)26/h13,16H,3-12,14-15H2,1-2H3,(H,25,26). The number of unbranched alkanes of at least 4 members (excludes halogenated alkanes) is 8. The number of esters is 1. The Morgan fingerprint density at radius 2 is 1.75 bits per heavy atom. The molecule has 0 aromatic heterocycles. The summed E-state index contributed by atoms with van der Waals surface area (Å²) in [7, 11) is 0. The quantitative estimate of drug-likeness (QED) is 0.224. The lowest BCUT2D eigenvalue weighted by molar-refractivity contribution is -0.150. The predicted octanol–water partition coefficient (Wildman–Crippen LogP) is 5.71. The average molecular weight is 413 g/mol. The minimum Gasteiger partial charge on any atom is -0.481 e. The third-order valence-corrected chi connectivity index (χ3v) is 5.23. The van der Waals surface area contributed by atoms with E-state index in [1.807, 2.05) is 6.08 Å². The smallest absolute Gasteiger partial charge is 0.303 e. The summed E-state index contributed by atoms with van der Waals surface area (Å²) >= 11 is 6.12. The molecule has 0 saturated carbocycles. The van der Waals surface area contributed by atoms with Gasteiger partial charge >= 0.3 is 11.9 Å². The lowest BCUT2D eigenvalue weighted by atomic mass is 9.88. The van der Waals surface area contributed by atoms with Crippen molar-refractivity contribution < 1.29 is 24.2 Å². The fourth-order valence-electron chi connectivity index (χ4n) is 3.54. The molecule has 1 rings (SSSR count). The highest BCUT2D eigenvalue weighted by molar-refractivity contribution is 6.46. The van der Waals surface area contributed by atoms with E-state index in [9.17, 15) is 14.4 Å². The van der Waals surface area contributed by atoms with Gasteiger partial charge in [-0.1, -0.05) is 63.1 Å². The predicted molar refractivity (Wildman–Crippen MR) is 110 cm³/mol. The summed E-state index contributed by atoms with van der Waals surface area (Å²) < 4.78 is 5.62. The Morgan fingerprint density at radius 3 is 2.39 bits per heavy atom. The van der Waals surface area contributed by atoms with Gasteiger partial charge < -0.3 is 9.84 Å². The molecule has 5 nitrogen and oxygen atoms in total. The second-order valence-electron chi connectivity index (χ2n) is 7.43. The van der Waals surface area contributed by atoms with E-state index in [1.165, 1.54) is 26.2 Å². The summed E-state index contributed by atoms with van der Waals surface area (Å²) in [4.78, 5) is 34.8. The van der Waals surface area contributed by atoms with Crippen LogP contribution in [-0.4, -0.2) is 28.4 Å². The summed E-state index contributed by atoms with van der Waals surface area (Å²) in [5.41, 5.74) is -0.620. The third kappa shape index (κ3) is 8.17. The van der Waals surface area contributed by atoms with Crippen LogP contribution in [0.1, 0.15) is 90.9 Å². The molecule has 0 amide bonds. The number of carbonyl (C=O) groups is 3.